The van der Waals surface area contributed by atoms with Crippen LogP contribution < -0.4 is 5.32 Å². The summed E-state index contributed by atoms with van der Waals surface area (Å²) in [7, 11) is 0. The zero-order valence-electron chi connectivity index (χ0n) is 15.3. The number of unbranched alkanes of at least 4 members (excludes halogenated alkanes) is 6. The van der Waals surface area contributed by atoms with Crippen LogP contribution in [0.2, 0.25) is 0 Å². The Morgan fingerprint density at radius 2 is 1.50 bits per heavy atom. The summed E-state index contributed by atoms with van der Waals surface area (Å²) in [4.78, 5) is 39.2. The molecule has 0 aromatic heterocycles. The average molecular weight is 339 g/mol. The van der Waals surface area contributed by atoms with Gasteiger partial charge in [-0.15, -0.1) is 0 Å². The zero-order chi connectivity index (χ0) is 17.8. The molecule has 0 saturated carbocycles. The summed E-state index contributed by atoms with van der Waals surface area (Å²) in [6.07, 6.45) is 8.82. The maximum atomic E-state index is 12.1. The van der Waals surface area contributed by atoms with E-state index >= 15 is 0 Å². The number of nitrogens with zero attached hydrogens (tertiary/aromatic N) is 2. The number of carbonyl (C=O) groups excluding carboxylic acids is 3. The molecule has 1 aliphatic rings. The van der Waals surface area contributed by atoms with Crippen LogP contribution in [0.5, 0.6) is 0 Å². The van der Waals surface area contributed by atoms with Crippen molar-refractivity contribution in [2.24, 2.45) is 0 Å². The molecule has 1 N–H and O–H groups in total. The highest BCUT2D eigenvalue weighted by Gasteiger charge is 2.31. The van der Waals surface area contributed by atoms with Gasteiger partial charge in [0.15, 0.2) is 0 Å². The van der Waals surface area contributed by atoms with E-state index < -0.39 is 0 Å². The van der Waals surface area contributed by atoms with E-state index in [1.165, 1.54) is 12.8 Å². The number of rotatable bonds is 12. The number of carbonyl (C=O) groups is 3. The Hall–Kier alpha value is -1.43. The molecule has 0 spiro atoms. The third kappa shape index (κ3) is 7.90. The van der Waals surface area contributed by atoms with Crippen LogP contribution in [0.4, 0.5) is 0 Å². The van der Waals surface area contributed by atoms with E-state index in [9.17, 15) is 14.4 Å². The second kappa shape index (κ2) is 12.0. The molecule has 0 atom stereocenters. The summed E-state index contributed by atoms with van der Waals surface area (Å²) < 4.78 is 0. The number of piperazine rings is 1. The lowest BCUT2D eigenvalue weighted by Crippen LogP contribution is -2.56. The predicted molar refractivity (Wildman–Crippen MR) is 94.5 cm³/mol. The Labute approximate surface area is 145 Å². The third-order valence-corrected chi connectivity index (χ3v) is 4.30. The number of imide groups is 1. The summed E-state index contributed by atoms with van der Waals surface area (Å²) in [5, 5.41) is 2.79. The van der Waals surface area contributed by atoms with Gasteiger partial charge in [-0.05, 0) is 19.4 Å². The molecule has 0 aliphatic carbocycles. The average Bonchev–Trinajstić information content (AvgIpc) is 2.55. The van der Waals surface area contributed by atoms with Crippen molar-refractivity contribution in [3.63, 3.8) is 0 Å². The van der Waals surface area contributed by atoms with E-state index in [0.717, 1.165) is 50.0 Å². The first-order valence-electron chi connectivity index (χ1n) is 9.40. The molecule has 0 unspecified atom stereocenters. The smallest absolute Gasteiger partial charge is 0.243 e. The van der Waals surface area contributed by atoms with Gasteiger partial charge in [0.05, 0.1) is 13.1 Å². The fourth-order valence-corrected chi connectivity index (χ4v) is 2.82. The second-order valence-corrected chi connectivity index (χ2v) is 6.56. The lowest BCUT2D eigenvalue weighted by atomic mass is 10.2. The summed E-state index contributed by atoms with van der Waals surface area (Å²) in [5.41, 5.74) is 0. The summed E-state index contributed by atoms with van der Waals surface area (Å²) in [6.45, 7) is 6.01. The minimum Gasteiger partial charge on any atom is -0.355 e. The fourth-order valence-electron chi connectivity index (χ4n) is 2.82. The Balaban J connectivity index is 2.28. The van der Waals surface area contributed by atoms with E-state index in [1.807, 2.05) is 4.90 Å². The second-order valence-electron chi connectivity index (χ2n) is 6.56. The fraction of sp³-hybridized carbons (Fsp3) is 0.833. The van der Waals surface area contributed by atoms with Gasteiger partial charge in [-0.3, -0.25) is 24.2 Å². The van der Waals surface area contributed by atoms with E-state index in [1.54, 1.807) is 0 Å². The number of hydrogen-bond donors (Lipinski definition) is 1. The molecular formula is C18H33N3O3. The highest BCUT2D eigenvalue weighted by atomic mass is 16.2. The van der Waals surface area contributed by atoms with E-state index in [0.29, 0.717) is 6.54 Å². The Morgan fingerprint density at radius 3 is 2.08 bits per heavy atom. The maximum absolute atomic E-state index is 12.1. The van der Waals surface area contributed by atoms with Crippen LogP contribution in [0.1, 0.15) is 65.2 Å². The molecule has 1 heterocycles. The summed E-state index contributed by atoms with van der Waals surface area (Å²) in [6, 6.07) is 0. The van der Waals surface area contributed by atoms with E-state index in [-0.39, 0.29) is 37.4 Å². The van der Waals surface area contributed by atoms with Crippen molar-refractivity contribution >= 4 is 17.7 Å². The number of nitrogens with one attached hydrogen (secondary N) is 1. The van der Waals surface area contributed by atoms with Crippen molar-refractivity contribution in [3.8, 4) is 0 Å². The van der Waals surface area contributed by atoms with Crippen molar-refractivity contribution < 1.29 is 14.4 Å². The SMILES string of the molecule is CCCCCCNC(=O)CN1C(=O)CN(CCCCCC)CC1=O. The first kappa shape index (κ1) is 20.6. The van der Waals surface area contributed by atoms with Crippen LogP contribution >= 0.6 is 0 Å². The molecule has 1 aliphatic heterocycles. The van der Waals surface area contributed by atoms with Gasteiger partial charge >= 0.3 is 0 Å². The van der Waals surface area contributed by atoms with Crippen LogP contribution in [0.3, 0.4) is 0 Å². The third-order valence-electron chi connectivity index (χ3n) is 4.30. The van der Waals surface area contributed by atoms with Crippen molar-refractivity contribution in [1.82, 2.24) is 15.1 Å². The molecule has 0 bridgehead atoms. The van der Waals surface area contributed by atoms with Gasteiger partial charge in [-0.25, -0.2) is 0 Å². The lowest BCUT2D eigenvalue weighted by molar-refractivity contribution is -0.153. The molecule has 1 saturated heterocycles. The van der Waals surface area contributed by atoms with Gasteiger partial charge in [0.2, 0.25) is 17.7 Å². The predicted octanol–water partition coefficient (Wildman–Crippen LogP) is 1.93. The van der Waals surface area contributed by atoms with Crippen molar-refractivity contribution in [2.75, 3.05) is 32.7 Å². The van der Waals surface area contributed by atoms with Gasteiger partial charge < -0.3 is 5.32 Å². The zero-order valence-corrected chi connectivity index (χ0v) is 15.3. The van der Waals surface area contributed by atoms with Gasteiger partial charge in [0.1, 0.15) is 6.54 Å². The standard InChI is InChI=1S/C18H33N3O3/c1-3-5-7-9-11-19-16(22)13-21-17(23)14-20(15-18(21)24)12-10-8-6-4-2/h3-15H2,1-2H3,(H,19,22). The molecule has 6 heteroatoms. The molecule has 0 aromatic carbocycles. The van der Waals surface area contributed by atoms with E-state index in [4.69, 9.17) is 0 Å². The van der Waals surface area contributed by atoms with Gasteiger partial charge in [-0.1, -0.05) is 52.4 Å². The molecule has 6 nitrogen and oxygen atoms in total. The molecule has 1 rings (SSSR count). The highest BCUT2D eigenvalue weighted by Crippen LogP contribution is 2.08. The van der Waals surface area contributed by atoms with Crippen LogP contribution in [0, 0.1) is 0 Å². The van der Waals surface area contributed by atoms with Gasteiger partial charge in [-0.2, -0.15) is 0 Å². The van der Waals surface area contributed by atoms with Gasteiger partial charge in [0.25, 0.3) is 0 Å². The maximum Gasteiger partial charge on any atom is 0.243 e. The quantitative estimate of drug-likeness (QED) is 0.436. The number of amides is 3. The summed E-state index contributed by atoms with van der Waals surface area (Å²) in [5.74, 6) is -0.768. The van der Waals surface area contributed by atoms with Gasteiger partial charge in [0, 0.05) is 6.54 Å². The van der Waals surface area contributed by atoms with Crippen LogP contribution in [-0.4, -0.2) is 60.2 Å². The first-order chi connectivity index (χ1) is 11.6. The van der Waals surface area contributed by atoms with Crippen molar-refractivity contribution in [3.05, 3.63) is 0 Å². The molecule has 0 aromatic rings. The van der Waals surface area contributed by atoms with Crippen molar-refractivity contribution in [1.29, 1.82) is 0 Å². The monoisotopic (exact) mass is 339 g/mol. The molecule has 3 amide bonds. The minimum absolute atomic E-state index is 0.144. The largest absolute Gasteiger partial charge is 0.355 e. The van der Waals surface area contributed by atoms with Crippen LogP contribution in [-0.2, 0) is 14.4 Å². The normalized spacial score (nSPS) is 15.8. The van der Waals surface area contributed by atoms with Crippen LogP contribution in [0.25, 0.3) is 0 Å². The molecule has 138 valence electrons. The Bertz CT molecular complexity index is 394. The van der Waals surface area contributed by atoms with Crippen molar-refractivity contribution in [2.45, 2.75) is 65.2 Å². The number of hydrogen-bond acceptors (Lipinski definition) is 4. The Kier molecular flexibility index (Phi) is 10.3. The molecular weight excluding hydrogens is 306 g/mol. The lowest BCUT2D eigenvalue weighted by Gasteiger charge is -2.32. The molecule has 24 heavy (non-hydrogen) atoms. The topological polar surface area (TPSA) is 69.7 Å². The summed E-state index contributed by atoms with van der Waals surface area (Å²) >= 11 is 0. The highest BCUT2D eigenvalue weighted by molar-refractivity contribution is 6.02. The molecule has 1 fully saturated rings. The first-order valence-corrected chi connectivity index (χ1v) is 9.40. The minimum atomic E-state index is -0.261. The molecule has 0 radical (unpaired) electrons. The Morgan fingerprint density at radius 1 is 0.917 bits per heavy atom. The van der Waals surface area contributed by atoms with Crippen LogP contribution in [0.15, 0.2) is 0 Å². The van der Waals surface area contributed by atoms with E-state index in [2.05, 4.69) is 19.2 Å².